The Morgan fingerprint density at radius 3 is 2.63 bits per heavy atom. The van der Waals surface area contributed by atoms with E-state index in [1.807, 2.05) is 6.07 Å². The SMILES string of the molecule is C[C@H](CO)Nc1nc(Nc2ccc(OC(F)(F)F)c(Cl)c2)cc(-c2cccnc2)n1. The van der Waals surface area contributed by atoms with Gasteiger partial charge in [-0.1, -0.05) is 11.6 Å². The van der Waals surface area contributed by atoms with Crippen molar-refractivity contribution >= 4 is 29.1 Å². The molecule has 0 spiro atoms. The molecule has 0 aliphatic heterocycles. The minimum atomic E-state index is -4.84. The molecule has 11 heteroatoms. The normalized spacial score (nSPS) is 12.3. The van der Waals surface area contributed by atoms with Gasteiger partial charge in [-0.2, -0.15) is 4.98 Å². The summed E-state index contributed by atoms with van der Waals surface area (Å²) in [7, 11) is 0. The van der Waals surface area contributed by atoms with Crippen LogP contribution >= 0.6 is 11.6 Å². The van der Waals surface area contributed by atoms with Crippen LogP contribution in [0, 0.1) is 0 Å². The highest BCUT2D eigenvalue weighted by molar-refractivity contribution is 6.32. The van der Waals surface area contributed by atoms with E-state index < -0.39 is 12.1 Å². The van der Waals surface area contributed by atoms with Crippen molar-refractivity contribution in [2.45, 2.75) is 19.3 Å². The van der Waals surface area contributed by atoms with Crippen LogP contribution < -0.4 is 15.4 Å². The quantitative estimate of drug-likeness (QED) is 0.494. The molecule has 1 aromatic carbocycles. The van der Waals surface area contributed by atoms with Gasteiger partial charge in [0.05, 0.1) is 17.3 Å². The maximum Gasteiger partial charge on any atom is 0.573 e. The highest BCUT2D eigenvalue weighted by atomic mass is 35.5. The molecule has 0 aliphatic carbocycles. The molecule has 0 radical (unpaired) electrons. The number of nitrogens with one attached hydrogen (secondary N) is 2. The Morgan fingerprint density at radius 1 is 1.20 bits per heavy atom. The van der Waals surface area contributed by atoms with E-state index in [2.05, 4.69) is 30.3 Å². The van der Waals surface area contributed by atoms with E-state index in [1.165, 1.54) is 12.1 Å². The van der Waals surface area contributed by atoms with Crippen LogP contribution in [0.4, 0.5) is 30.6 Å². The van der Waals surface area contributed by atoms with Crippen molar-refractivity contribution in [3.8, 4) is 17.0 Å². The van der Waals surface area contributed by atoms with Gasteiger partial charge in [0.1, 0.15) is 11.6 Å². The first-order valence-electron chi connectivity index (χ1n) is 8.72. The Balaban J connectivity index is 1.91. The first-order valence-corrected chi connectivity index (χ1v) is 9.10. The molecular weight excluding hydrogens is 423 g/mol. The van der Waals surface area contributed by atoms with Crippen molar-refractivity contribution in [3.63, 3.8) is 0 Å². The molecule has 0 aliphatic rings. The van der Waals surface area contributed by atoms with Crippen LogP contribution in [0.1, 0.15) is 6.92 Å². The molecule has 2 aromatic heterocycles. The predicted octanol–water partition coefficient (Wildman–Crippen LogP) is 4.63. The molecule has 158 valence electrons. The minimum absolute atomic E-state index is 0.125. The summed E-state index contributed by atoms with van der Waals surface area (Å²) in [5.41, 5.74) is 1.68. The van der Waals surface area contributed by atoms with Crippen molar-refractivity contribution < 1.29 is 23.0 Å². The van der Waals surface area contributed by atoms with Crippen molar-refractivity contribution in [3.05, 3.63) is 53.8 Å². The van der Waals surface area contributed by atoms with Crippen molar-refractivity contribution in [1.82, 2.24) is 15.0 Å². The number of ether oxygens (including phenoxy) is 1. The zero-order valence-electron chi connectivity index (χ0n) is 15.6. The number of hydrogen-bond donors (Lipinski definition) is 3. The van der Waals surface area contributed by atoms with E-state index in [-0.39, 0.29) is 23.6 Å². The number of hydrogen-bond acceptors (Lipinski definition) is 7. The Bertz CT molecular complexity index is 1010. The number of nitrogens with zero attached hydrogens (tertiary/aromatic N) is 3. The maximum atomic E-state index is 12.4. The molecule has 0 amide bonds. The summed E-state index contributed by atoms with van der Waals surface area (Å²) in [5, 5.41) is 15.0. The Hall–Kier alpha value is -3.11. The van der Waals surface area contributed by atoms with E-state index in [9.17, 15) is 18.3 Å². The van der Waals surface area contributed by atoms with Crippen molar-refractivity contribution in [2.24, 2.45) is 0 Å². The van der Waals surface area contributed by atoms with Gasteiger partial charge in [-0.05, 0) is 37.3 Å². The van der Waals surface area contributed by atoms with E-state index in [0.717, 1.165) is 11.6 Å². The number of pyridine rings is 1. The summed E-state index contributed by atoms with van der Waals surface area (Å²) in [6.07, 6.45) is -1.58. The third-order valence-corrected chi connectivity index (χ3v) is 4.06. The largest absolute Gasteiger partial charge is 0.573 e. The van der Waals surface area contributed by atoms with Gasteiger partial charge in [0.2, 0.25) is 5.95 Å². The van der Waals surface area contributed by atoms with Gasteiger partial charge < -0.3 is 20.5 Å². The van der Waals surface area contributed by atoms with E-state index in [0.29, 0.717) is 17.2 Å². The fraction of sp³-hybridized carbons (Fsp3) is 0.211. The average Bonchev–Trinajstić information content (AvgIpc) is 2.69. The van der Waals surface area contributed by atoms with Crippen LogP contribution in [0.25, 0.3) is 11.3 Å². The second-order valence-corrected chi connectivity index (χ2v) is 6.66. The van der Waals surface area contributed by atoms with Crippen molar-refractivity contribution in [2.75, 3.05) is 17.2 Å². The zero-order valence-corrected chi connectivity index (χ0v) is 16.4. The van der Waals surface area contributed by atoms with Gasteiger partial charge in [-0.3, -0.25) is 4.98 Å². The minimum Gasteiger partial charge on any atom is -0.404 e. The average molecular weight is 440 g/mol. The lowest BCUT2D eigenvalue weighted by atomic mass is 10.2. The predicted molar refractivity (Wildman–Crippen MR) is 107 cm³/mol. The second kappa shape index (κ2) is 9.14. The Labute approximate surface area is 174 Å². The molecule has 30 heavy (non-hydrogen) atoms. The number of halogens is 4. The highest BCUT2D eigenvalue weighted by Crippen LogP contribution is 2.33. The summed E-state index contributed by atoms with van der Waals surface area (Å²) in [6, 6.07) is 8.70. The number of alkyl halides is 3. The number of aliphatic hydroxyl groups is 1. The summed E-state index contributed by atoms with van der Waals surface area (Å²) in [4.78, 5) is 12.8. The molecule has 0 bridgehead atoms. The molecule has 3 rings (SSSR count). The smallest absolute Gasteiger partial charge is 0.404 e. The molecule has 0 unspecified atom stereocenters. The van der Waals surface area contributed by atoms with Gasteiger partial charge in [0.25, 0.3) is 0 Å². The lowest BCUT2D eigenvalue weighted by Gasteiger charge is -2.15. The lowest BCUT2D eigenvalue weighted by molar-refractivity contribution is -0.274. The summed E-state index contributed by atoms with van der Waals surface area (Å²) in [5.74, 6) is 0.105. The first-order chi connectivity index (χ1) is 14.2. The second-order valence-electron chi connectivity index (χ2n) is 6.25. The van der Waals surface area contributed by atoms with Gasteiger partial charge in [-0.15, -0.1) is 13.2 Å². The van der Waals surface area contributed by atoms with Gasteiger partial charge in [-0.25, -0.2) is 4.98 Å². The number of rotatable bonds is 7. The Kier molecular flexibility index (Phi) is 6.58. The van der Waals surface area contributed by atoms with Crippen LogP contribution in [-0.2, 0) is 0 Å². The van der Waals surface area contributed by atoms with Crippen molar-refractivity contribution in [1.29, 1.82) is 0 Å². The van der Waals surface area contributed by atoms with Crippen LogP contribution in [0.2, 0.25) is 5.02 Å². The summed E-state index contributed by atoms with van der Waals surface area (Å²) < 4.78 is 41.1. The van der Waals surface area contributed by atoms with E-state index in [1.54, 1.807) is 31.5 Å². The fourth-order valence-electron chi connectivity index (χ4n) is 2.44. The van der Waals surface area contributed by atoms with Gasteiger partial charge in [0.15, 0.2) is 0 Å². The van der Waals surface area contributed by atoms with Crippen LogP contribution in [0.3, 0.4) is 0 Å². The topological polar surface area (TPSA) is 92.2 Å². The third-order valence-electron chi connectivity index (χ3n) is 3.76. The lowest BCUT2D eigenvalue weighted by Crippen LogP contribution is -2.21. The fourth-order valence-corrected chi connectivity index (χ4v) is 2.66. The molecule has 1 atom stereocenters. The molecule has 3 aromatic rings. The third kappa shape index (κ3) is 5.94. The molecule has 0 fully saturated rings. The molecule has 0 saturated heterocycles. The molecule has 3 N–H and O–H groups in total. The first kappa shape index (κ1) is 21.6. The monoisotopic (exact) mass is 439 g/mol. The van der Waals surface area contributed by atoms with Gasteiger partial charge in [0, 0.05) is 35.8 Å². The number of aromatic nitrogens is 3. The molecular formula is C19H17ClF3N5O2. The van der Waals surface area contributed by atoms with Crippen LogP contribution in [0.5, 0.6) is 5.75 Å². The number of benzene rings is 1. The molecule has 0 saturated carbocycles. The molecule has 7 nitrogen and oxygen atoms in total. The van der Waals surface area contributed by atoms with E-state index >= 15 is 0 Å². The van der Waals surface area contributed by atoms with Gasteiger partial charge >= 0.3 is 6.36 Å². The standard InChI is InChI=1S/C19H17ClF3N5O2/c1-11(10-29)25-18-27-15(12-3-2-6-24-9-12)8-17(28-18)26-13-4-5-16(14(20)7-13)30-19(21,22)23/h2-9,11,29H,10H2,1H3,(H2,25,26,27,28)/t11-/m1/s1. The highest BCUT2D eigenvalue weighted by Gasteiger charge is 2.32. The number of anilines is 3. The van der Waals surface area contributed by atoms with E-state index in [4.69, 9.17) is 11.6 Å². The van der Waals surface area contributed by atoms with Crippen LogP contribution in [-0.4, -0.2) is 39.1 Å². The summed E-state index contributed by atoms with van der Waals surface area (Å²) >= 11 is 5.90. The Morgan fingerprint density at radius 2 is 2.00 bits per heavy atom. The summed E-state index contributed by atoms with van der Waals surface area (Å²) in [6.45, 7) is 1.63. The zero-order chi connectivity index (χ0) is 21.7. The van der Waals surface area contributed by atoms with Crippen LogP contribution in [0.15, 0.2) is 48.8 Å². The maximum absolute atomic E-state index is 12.4. The molecule has 2 heterocycles. The number of aliphatic hydroxyl groups excluding tert-OH is 1.